The second kappa shape index (κ2) is 6.24. The highest BCUT2D eigenvalue weighted by Crippen LogP contribution is 2.21. The smallest absolute Gasteiger partial charge is 0.211 e. The van der Waals surface area contributed by atoms with Crippen molar-refractivity contribution in [1.29, 1.82) is 0 Å². The Balaban J connectivity index is 2.27. The molecule has 1 heterocycles. The summed E-state index contributed by atoms with van der Waals surface area (Å²) in [6.45, 7) is 4.51. The molecular weight excluding hydrogens is 322 g/mol. The zero-order valence-corrected chi connectivity index (χ0v) is 14.5. The molecule has 3 aromatic rings. The van der Waals surface area contributed by atoms with Gasteiger partial charge in [-0.1, -0.05) is 31.2 Å². The van der Waals surface area contributed by atoms with Crippen molar-refractivity contribution in [3.05, 3.63) is 70.5 Å². The lowest BCUT2D eigenvalue weighted by molar-refractivity contribution is 0.593. The van der Waals surface area contributed by atoms with Crippen LogP contribution in [0, 0.1) is 0 Å². The van der Waals surface area contributed by atoms with E-state index in [4.69, 9.17) is 0 Å². The average molecular weight is 341 g/mol. The van der Waals surface area contributed by atoms with Crippen LogP contribution in [0.5, 0.6) is 0 Å². The van der Waals surface area contributed by atoms with Gasteiger partial charge in [0.05, 0.1) is 10.4 Å². The molecule has 0 spiro atoms. The van der Waals surface area contributed by atoms with E-state index in [9.17, 15) is 13.2 Å². The van der Waals surface area contributed by atoms with E-state index >= 15 is 0 Å². The van der Waals surface area contributed by atoms with Crippen LogP contribution < -0.4 is 5.43 Å². The van der Waals surface area contributed by atoms with Crippen molar-refractivity contribution in [3.63, 3.8) is 0 Å². The van der Waals surface area contributed by atoms with Gasteiger partial charge in [0, 0.05) is 18.1 Å². The Morgan fingerprint density at radius 2 is 1.62 bits per heavy atom. The first-order valence-electron chi connectivity index (χ1n) is 7.95. The van der Waals surface area contributed by atoms with Crippen molar-refractivity contribution in [2.45, 2.75) is 36.6 Å². The van der Waals surface area contributed by atoms with Crippen molar-refractivity contribution in [3.8, 4) is 0 Å². The first kappa shape index (κ1) is 16.5. The van der Waals surface area contributed by atoms with E-state index in [1.807, 2.05) is 26.0 Å². The molecule has 0 aliphatic rings. The number of benzene rings is 2. The summed E-state index contributed by atoms with van der Waals surface area (Å²) in [5.41, 5.74) is 1.35. The molecule has 24 heavy (non-hydrogen) atoms. The Morgan fingerprint density at radius 1 is 0.958 bits per heavy atom. The van der Waals surface area contributed by atoms with Gasteiger partial charge in [-0.2, -0.15) is 0 Å². The molecule has 0 radical (unpaired) electrons. The van der Waals surface area contributed by atoms with Crippen LogP contribution in [0.1, 0.15) is 19.4 Å². The molecule has 0 bridgehead atoms. The molecule has 3 rings (SSSR count). The average Bonchev–Trinajstić information content (AvgIpc) is 2.62. The summed E-state index contributed by atoms with van der Waals surface area (Å²) in [4.78, 5) is 12.7. The molecule has 5 heteroatoms. The second-order valence-corrected chi connectivity index (χ2v) is 7.54. The van der Waals surface area contributed by atoms with Gasteiger partial charge in [-0.3, -0.25) is 4.79 Å². The third-order valence-electron chi connectivity index (χ3n) is 4.23. The number of sulfone groups is 1. The molecule has 4 nitrogen and oxygen atoms in total. The number of rotatable bonds is 4. The van der Waals surface area contributed by atoms with Crippen LogP contribution in [-0.4, -0.2) is 13.0 Å². The fourth-order valence-corrected chi connectivity index (χ4v) is 4.17. The van der Waals surface area contributed by atoms with Gasteiger partial charge in [-0.25, -0.2) is 8.42 Å². The normalized spacial score (nSPS) is 11.8. The monoisotopic (exact) mass is 341 g/mol. The van der Waals surface area contributed by atoms with Crippen LogP contribution in [0.3, 0.4) is 0 Å². The third-order valence-corrected chi connectivity index (χ3v) is 5.99. The summed E-state index contributed by atoms with van der Waals surface area (Å²) in [6.07, 6.45) is 2.28. The number of aryl methyl sites for hydroxylation is 2. The largest absolute Gasteiger partial charge is 0.346 e. The maximum absolute atomic E-state index is 13.0. The van der Waals surface area contributed by atoms with Gasteiger partial charge in [0.15, 0.2) is 0 Å². The molecule has 0 saturated carbocycles. The van der Waals surface area contributed by atoms with Crippen molar-refractivity contribution < 1.29 is 8.42 Å². The summed E-state index contributed by atoms with van der Waals surface area (Å²) < 4.78 is 27.7. The number of pyridine rings is 1. The quantitative estimate of drug-likeness (QED) is 0.731. The SMILES string of the molecule is CCc1ccc(S(=O)(=O)c2cn(CC)c3ccccc3c2=O)cc1. The Bertz CT molecular complexity index is 1050. The molecule has 1 aromatic heterocycles. The van der Waals surface area contributed by atoms with Crippen LogP contribution in [0.15, 0.2) is 69.3 Å². The molecule has 0 fully saturated rings. The fraction of sp³-hybridized carbons (Fsp3) is 0.211. The van der Waals surface area contributed by atoms with Gasteiger partial charge in [0.1, 0.15) is 4.90 Å². The molecule has 0 saturated heterocycles. The Labute approximate surface area is 141 Å². The minimum absolute atomic E-state index is 0.148. The van der Waals surface area contributed by atoms with Gasteiger partial charge in [-0.15, -0.1) is 0 Å². The van der Waals surface area contributed by atoms with Crippen LogP contribution in [0.2, 0.25) is 0 Å². The lowest BCUT2D eigenvalue weighted by atomic mass is 10.2. The number of hydrogen-bond donors (Lipinski definition) is 0. The number of fused-ring (bicyclic) bond motifs is 1. The van der Waals surface area contributed by atoms with Gasteiger partial charge in [0.2, 0.25) is 15.3 Å². The highest BCUT2D eigenvalue weighted by molar-refractivity contribution is 7.91. The predicted octanol–water partition coefficient (Wildman–Crippen LogP) is 3.42. The Morgan fingerprint density at radius 3 is 2.25 bits per heavy atom. The van der Waals surface area contributed by atoms with Crippen molar-refractivity contribution in [2.75, 3.05) is 0 Å². The maximum atomic E-state index is 13.0. The predicted molar refractivity (Wildman–Crippen MR) is 95.2 cm³/mol. The van der Waals surface area contributed by atoms with Crippen LogP contribution in [0.25, 0.3) is 10.9 Å². The molecular formula is C19H19NO3S. The molecule has 124 valence electrons. The zero-order chi connectivity index (χ0) is 17.3. The van der Waals surface area contributed by atoms with E-state index in [1.165, 1.54) is 6.20 Å². The van der Waals surface area contributed by atoms with Crippen LogP contribution in [0.4, 0.5) is 0 Å². The molecule has 0 N–H and O–H groups in total. The fourth-order valence-electron chi connectivity index (χ4n) is 2.80. The molecule has 0 amide bonds. The van der Waals surface area contributed by atoms with Gasteiger partial charge in [0.25, 0.3) is 0 Å². The minimum atomic E-state index is -3.85. The lowest BCUT2D eigenvalue weighted by Crippen LogP contribution is -2.19. The van der Waals surface area contributed by atoms with E-state index in [0.29, 0.717) is 11.9 Å². The van der Waals surface area contributed by atoms with Crippen LogP contribution >= 0.6 is 0 Å². The summed E-state index contributed by atoms with van der Waals surface area (Å²) in [5, 5.41) is 0.422. The standard InChI is InChI=1S/C19H19NO3S/c1-3-14-9-11-15(12-10-14)24(22,23)18-13-20(4-2)17-8-6-5-7-16(17)19(18)21/h5-13H,3-4H2,1-2H3. The number of aromatic nitrogens is 1. The summed E-state index contributed by atoms with van der Waals surface area (Å²) in [5.74, 6) is 0. The highest BCUT2D eigenvalue weighted by Gasteiger charge is 2.23. The first-order chi connectivity index (χ1) is 11.5. The lowest BCUT2D eigenvalue weighted by Gasteiger charge is -2.12. The third kappa shape index (κ3) is 2.65. The van der Waals surface area contributed by atoms with E-state index in [2.05, 4.69) is 0 Å². The van der Waals surface area contributed by atoms with Crippen molar-refractivity contribution in [1.82, 2.24) is 4.57 Å². The van der Waals surface area contributed by atoms with E-state index in [0.717, 1.165) is 17.5 Å². The molecule has 0 aliphatic carbocycles. The van der Waals surface area contributed by atoms with Crippen LogP contribution in [-0.2, 0) is 22.8 Å². The summed E-state index contributed by atoms with van der Waals surface area (Å²) in [7, 11) is -3.85. The molecule has 0 atom stereocenters. The number of hydrogen-bond acceptors (Lipinski definition) is 3. The second-order valence-electron chi connectivity index (χ2n) is 5.63. The molecule has 0 aliphatic heterocycles. The van der Waals surface area contributed by atoms with E-state index < -0.39 is 15.3 Å². The van der Waals surface area contributed by atoms with Gasteiger partial charge < -0.3 is 4.57 Å². The summed E-state index contributed by atoms with van der Waals surface area (Å²) in [6, 6.07) is 13.8. The van der Waals surface area contributed by atoms with Gasteiger partial charge in [-0.05, 0) is 43.2 Å². The minimum Gasteiger partial charge on any atom is -0.346 e. The molecule has 0 unspecified atom stereocenters. The van der Waals surface area contributed by atoms with E-state index in [-0.39, 0.29) is 9.79 Å². The van der Waals surface area contributed by atoms with Crippen molar-refractivity contribution in [2.24, 2.45) is 0 Å². The Kier molecular flexibility index (Phi) is 4.28. The molecule has 2 aromatic carbocycles. The topological polar surface area (TPSA) is 56.1 Å². The first-order valence-corrected chi connectivity index (χ1v) is 9.43. The number of nitrogens with zero attached hydrogens (tertiary/aromatic N) is 1. The Hall–Kier alpha value is -2.40. The van der Waals surface area contributed by atoms with Gasteiger partial charge >= 0.3 is 0 Å². The highest BCUT2D eigenvalue weighted by atomic mass is 32.2. The zero-order valence-electron chi connectivity index (χ0n) is 13.7. The van der Waals surface area contributed by atoms with Crippen molar-refractivity contribution >= 4 is 20.7 Å². The number of para-hydroxylation sites is 1. The van der Waals surface area contributed by atoms with E-state index in [1.54, 1.807) is 41.0 Å². The summed E-state index contributed by atoms with van der Waals surface area (Å²) >= 11 is 0. The maximum Gasteiger partial charge on any atom is 0.211 e.